The fourth-order valence-electron chi connectivity index (χ4n) is 2.15. The van der Waals surface area contributed by atoms with Crippen molar-refractivity contribution in [3.05, 3.63) is 41.7 Å². The Bertz CT molecular complexity index is 584. The molecule has 112 valence electrons. The van der Waals surface area contributed by atoms with Crippen molar-refractivity contribution in [2.45, 2.75) is 50.0 Å². The van der Waals surface area contributed by atoms with Gasteiger partial charge in [-0.05, 0) is 31.9 Å². The Morgan fingerprint density at radius 2 is 2.00 bits per heavy atom. The number of anilines is 1. The van der Waals surface area contributed by atoms with Gasteiger partial charge in [0.1, 0.15) is 17.2 Å². The van der Waals surface area contributed by atoms with Gasteiger partial charge in [-0.2, -0.15) is 0 Å². The molecule has 0 amide bonds. The lowest BCUT2D eigenvalue weighted by atomic mass is 10.2. The van der Waals surface area contributed by atoms with E-state index < -0.39 is 0 Å². The summed E-state index contributed by atoms with van der Waals surface area (Å²) in [7, 11) is 0. The van der Waals surface area contributed by atoms with Gasteiger partial charge in [0.05, 0.1) is 0 Å². The van der Waals surface area contributed by atoms with Crippen molar-refractivity contribution >= 4 is 17.6 Å². The first-order valence-corrected chi connectivity index (χ1v) is 8.38. The highest BCUT2D eigenvalue weighted by atomic mass is 32.2. The summed E-state index contributed by atoms with van der Waals surface area (Å²) in [5.41, 5.74) is 2.51. The monoisotopic (exact) mass is 301 g/mol. The standard InChI is InChI=1S/C17H23N3S/c1-4-7-15-16(18-10-5-2)19-12-20-17(15)21-14-9-6-8-13(3)11-14/h6,8-9,11-12H,4-5,7,10H2,1-3H3,(H,18,19,20). The van der Waals surface area contributed by atoms with Crippen molar-refractivity contribution in [3.8, 4) is 0 Å². The Morgan fingerprint density at radius 1 is 1.14 bits per heavy atom. The van der Waals surface area contributed by atoms with Crippen molar-refractivity contribution in [2.24, 2.45) is 0 Å². The highest BCUT2D eigenvalue weighted by Gasteiger charge is 2.11. The molecule has 21 heavy (non-hydrogen) atoms. The smallest absolute Gasteiger partial charge is 0.133 e. The van der Waals surface area contributed by atoms with E-state index in [1.807, 2.05) is 0 Å². The second kappa shape index (κ2) is 8.03. The van der Waals surface area contributed by atoms with Crippen LogP contribution in [0.5, 0.6) is 0 Å². The van der Waals surface area contributed by atoms with E-state index in [0.29, 0.717) is 0 Å². The predicted octanol–water partition coefficient (Wildman–Crippen LogP) is 4.71. The van der Waals surface area contributed by atoms with Gasteiger partial charge in [-0.3, -0.25) is 0 Å². The Balaban J connectivity index is 2.28. The number of aryl methyl sites for hydroxylation is 1. The fraction of sp³-hybridized carbons (Fsp3) is 0.412. The summed E-state index contributed by atoms with van der Waals surface area (Å²) in [5.74, 6) is 0.990. The zero-order chi connectivity index (χ0) is 15.1. The van der Waals surface area contributed by atoms with Crippen LogP contribution < -0.4 is 5.32 Å². The second-order valence-corrected chi connectivity index (χ2v) is 6.16. The number of rotatable bonds is 7. The van der Waals surface area contributed by atoms with Crippen LogP contribution in [-0.2, 0) is 6.42 Å². The molecule has 0 aliphatic rings. The molecule has 0 saturated carbocycles. The molecule has 1 heterocycles. The van der Waals surface area contributed by atoms with Gasteiger partial charge < -0.3 is 5.32 Å². The largest absolute Gasteiger partial charge is 0.370 e. The molecule has 3 nitrogen and oxygen atoms in total. The topological polar surface area (TPSA) is 37.8 Å². The van der Waals surface area contributed by atoms with Crippen LogP contribution in [0.25, 0.3) is 0 Å². The fourth-order valence-corrected chi connectivity index (χ4v) is 3.18. The number of hydrogen-bond donors (Lipinski definition) is 1. The average Bonchev–Trinajstić information content (AvgIpc) is 2.48. The number of nitrogens with one attached hydrogen (secondary N) is 1. The van der Waals surface area contributed by atoms with Gasteiger partial charge >= 0.3 is 0 Å². The van der Waals surface area contributed by atoms with Crippen LogP contribution in [0, 0.1) is 6.92 Å². The predicted molar refractivity (Wildman–Crippen MR) is 90.1 cm³/mol. The number of hydrogen-bond acceptors (Lipinski definition) is 4. The molecule has 2 aromatic rings. The summed E-state index contributed by atoms with van der Waals surface area (Å²) in [6.45, 7) is 7.42. The van der Waals surface area contributed by atoms with E-state index in [2.05, 4.69) is 60.3 Å². The Labute approximate surface area is 131 Å². The zero-order valence-corrected chi connectivity index (χ0v) is 13.8. The van der Waals surface area contributed by atoms with Crippen LogP contribution in [0.15, 0.2) is 40.5 Å². The summed E-state index contributed by atoms with van der Waals surface area (Å²) in [4.78, 5) is 10.2. The quantitative estimate of drug-likeness (QED) is 0.752. The van der Waals surface area contributed by atoms with Crippen molar-refractivity contribution < 1.29 is 0 Å². The van der Waals surface area contributed by atoms with Gasteiger partial charge in [-0.1, -0.05) is 49.7 Å². The molecule has 0 unspecified atom stereocenters. The second-order valence-electron chi connectivity index (χ2n) is 5.10. The molecular weight excluding hydrogens is 278 g/mol. The van der Waals surface area contributed by atoms with E-state index in [1.54, 1.807) is 18.1 Å². The molecule has 1 aromatic heterocycles. The molecule has 0 bridgehead atoms. The molecule has 4 heteroatoms. The van der Waals surface area contributed by atoms with Crippen molar-refractivity contribution in [1.29, 1.82) is 0 Å². The summed E-state index contributed by atoms with van der Waals surface area (Å²) in [5, 5.41) is 4.49. The summed E-state index contributed by atoms with van der Waals surface area (Å²) >= 11 is 1.72. The maximum absolute atomic E-state index is 4.50. The summed E-state index contributed by atoms with van der Waals surface area (Å²) in [6.07, 6.45) is 4.85. The summed E-state index contributed by atoms with van der Waals surface area (Å²) < 4.78 is 0. The van der Waals surface area contributed by atoms with Gasteiger partial charge in [0.25, 0.3) is 0 Å². The SMILES string of the molecule is CCCNc1ncnc(Sc2cccc(C)c2)c1CCC. The molecule has 0 aliphatic heterocycles. The molecule has 0 atom stereocenters. The number of benzene rings is 1. The van der Waals surface area contributed by atoms with E-state index in [0.717, 1.165) is 36.7 Å². The Morgan fingerprint density at radius 3 is 2.71 bits per heavy atom. The minimum Gasteiger partial charge on any atom is -0.370 e. The van der Waals surface area contributed by atoms with Crippen molar-refractivity contribution in [1.82, 2.24) is 9.97 Å². The Hall–Kier alpha value is -1.55. The first-order valence-electron chi connectivity index (χ1n) is 7.56. The van der Waals surface area contributed by atoms with Crippen LogP contribution >= 0.6 is 11.8 Å². The molecule has 1 aromatic carbocycles. The van der Waals surface area contributed by atoms with Gasteiger partial charge in [-0.25, -0.2) is 9.97 Å². The molecular formula is C17H23N3S. The highest BCUT2D eigenvalue weighted by molar-refractivity contribution is 7.99. The van der Waals surface area contributed by atoms with Crippen molar-refractivity contribution in [3.63, 3.8) is 0 Å². The lowest BCUT2D eigenvalue weighted by Gasteiger charge is -2.13. The number of nitrogens with zero attached hydrogens (tertiary/aromatic N) is 2. The third-order valence-corrected chi connectivity index (χ3v) is 4.19. The molecule has 2 rings (SSSR count). The van der Waals surface area contributed by atoms with E-state index in [-0.39, 0.29) is 0 Å². The van der Waals surface area contributed by atoms with Crippen LogP contribution in [0.1, 0.15) is 37.8 Å². The Kier molecular flexibility index (Phi) is 6.05. The minimum atomic E-state index is 0.947. The lowest BCUT2D eigenvalue weighted by molar-refractivity contribution is 0.849. The first-order chi connectivity index (χ1) is 10.2. The average molecular weight is 301 g/mol. The van der Waals surface area contributed by atoms with Gasteiger partial charge in [0, 0.05) is 17.0 Å². The molecule has 0 fully saturated rings. The molecule has 1 N–H and O–H groups in total. The van der Waals surface area contributed by atoms with Crippen LogP contribution in [0.3, 0.4) is 0 Å². The van der Waals surface area contributed by atoms with Gasteiger partial charge in [0.15, 0.2) is 0 Å². The van der Waals surface area contributed by atoms with Gasteiger partial charge in [-0.15, -0.1) is 0 Å². The number of aromatic nitrogens is 2. The van der Waals surface area contributed by atoms with E-state index >= 15 is 0 Å². The zero-order valence-electron chi connectivity index (χ0n) is 13.0. The third-order valence-electron chi connectivity index (χ3n) is 3.15. The molecule has 0 radical (unpaired) electrons. The molecule has 0 saturated heterocycles. The van der Waals surface area contributed by atoms with Gasteiger partial charge in [0.2, 0.25) is 0 Å². The minimum absolute atomic E-state index is 0.947. The normalized spacial score (nSPS) is 10.6. The molecule has 0 aliphatic carbocycles. The summed E-state index contributed by atoms with van der Waals surface area (Å²) in [6, 6.07) is 8.54. The third kappa shape index (κ3) is 4.46. The van der Waals surface area contributed by atoms with Crippen molar-refractivity contribution in [2.75, 3.05) is 11.9 Å². The maximum Gasteiger partial charge on any atom is 0.133 e. The van der Waals surface area contributed by atoms with E-state index in [9.17, 15) is 0 Å². The van der Waals surface area contributed by atoms with Crippen LogP contribution in [0.2, 0.25) is 0 Å². The lowest BCUT2D eigenvalue weighted by Crippen LogP contribution is -2.07. The van der Waals surface area contributed by atoms with Crippen LogP contribution in [0.4, 0.5) is 5.82 Å². The maximum atomic E-state index is 4.50. The molecule has 0 spiro atoms. The van der Waals surface area contributed by atoms with E-state index in [1.165, 1.54) is 16.0 Å². The first kappa shape index (κ1) is 15.8. The highest BCUT2D eigenvalue weighted by Crippen LogP contribution is 2.32. The van der Waals surface area contributed by atoms with E-state index in [4.69, 9.17) is 0 Å². The van der Waals surface area contributed by atoms with Crippen LogP contribution in [-0.4, -0.2) is 16.5 Å².